The van der Waals surface area contributed by atoms with Gasteiger partial charge in [0.1, 0.15) is 11.5 Å². The molecule has 0 saturated carbocycles. The molecule has 1 aromatic heterocycles. The molecule has 18 heavy (non-hydrogen) atoms. The largest absolute Gasteiger partial charge is 0.371 e. The van der Waals surface area contributed by atoms with E-state index in [9.17, 15) is 5.11 Å². The molecule has 1 aliphatic rings. The van der Waals surface area contributed by atoms with Crippen molar-refractivity contribution in [2.45, 2.75) is 23.8 Å². The van der Waals surface area contributed by atoms with Gasteiger partial charge in [-0.3, -0.25) is 0 Å². The van der Waals surface area contributed by atoms with E-state index in [2.05, 4.69) is 27.9 Å². The highest BCUT2D eigenvalue weighted by Crippen LogP contribution is 2.37. The summed E-state index contributed by atoms with van der Waals surface area (Å²) in [6.07, 6.45) is 4.55. The summed E-state index contributed by atoms with van der Waals surface area (Å²) < 4.78 is 0. The number of hydrogen-bond acceptors (Lipinski definition) is 4. The zero-order valence-electron chi connectivity index (χ0n) is 9.80. The number of para-hydroxylation sites is 1. The van der Waals surface area contributed by atoms with Crippen molar-refractivity contribution in [1.82, 2.24) is 9.97 Å². The Morgan fingerprint density at radius 2 is 2.28 bits per heavy atom. The number of anilines is 1. The van der Waals surface area contributed by atoms with Crippen molar-refractivity contribution in [3.8, 4) is 0 Å². The lowest BCUT2D eigenvalue weighted by Gasteiger charge is -2.26. The molecule has 94 valence electrons. The van der Waals surface area contributed by atoms with Gasteiger partial charge in [-0.05, 0) is 11.6 Å². The van der Waals surface area contributed by atoms with Crippen molar-refractivity contribution in [3.05, 3.63) is 48.0 Å². The second-order valence-electron chi connectivity index (χ2n) is 4.68. The van der Waals surface area contributed by atoms with Gasteiger partial charge in [-0.25, -0.2) is 4.98 Å². The van der Waals surface area contributed by atoms with Gasteiger partial charge in [0, 0.05) is 30.9 Å². The summed E-state index contributed by atoms with van der Waals surface area (Å²) in [5.41, 5.74) is 1.20. The minimum Gasteiger partial charge on any atom is -0.371 e. The second-order valence-corrected chi connectivity index (χ2v) is 5.31. The van der Waals surface area contributed by atoms with Crippen LogP contribution in [0.3, 0.4) is 0 Å². The average Bonchev–Trinajstić information content (AvgIpc) is 2.93. The van der Waals surface area contributed by atoms with E-state index in [-0.39, 0.29) is 5.25 Å². The number of hydrogen-bond donors (Lipinski definition) is 4. The Kier molecular flexibility index (Phi) is 2.80. The summed E-state index contributed by atoms with van der Waals surface area (Å²) in [6, 6.07) is 7.95. The molecule has 0 saturated heterocycles. The van der Waals surface area contributed by atoms with E-state index in [1.807, 2.05) is 24.3 Å². The maximum atomic E-state index is 10.6. The van der Waals surface area contributed by atoms with Gasteiger partial charge in [0.2, 0.25) is 0 Å². The summed E-state index contributed by atoms with van der Waals surface area (Å²) in [5, 5.41) is 13.6. The number of benzene rings is 1. The number of fused-ring (bicyclic) bond motifs is 1. The van der Waals surface area contributed by atoms with Crippen molar-refractivity contribution >= 4 is 18.3 Å². The first-order valence-corrected chi connectivity index (χ1v) is 6.44. The summed E-state index contributed by atoms with van der Waals surface area (Å²) >= 11 is 4.50. The highest BCUT2D eigenvalue weighted by molar-refractivity contribution is 7.80. The predicted molar refractivity (Wildman–Crippen MR) is 73.7 cm³/mol. The van der Waals surface area contributed by atoms with Gasteiger partial charge in [0.25, 0.3) is 0 Å². The maximum absolute atomic E-state index is 10.6. The van der Waals surface area contributed by atoms with E-state index >= 15 is 0 Å². The molecule has 2 aromatic rings. The molecule has 2 atom stereocenters. The molecule has 2 unspecified atom stereocenters. The van der Waals surface area contributed by atoms with Crippen molar-refractivity contribution in [3.63, 3.8) is 0 Å². The van der Waals surface area contributed by atoms with Gasteiger partial charge in [0.05, 0.1) is 5.25 Å². The fourth-order valence-electron chi connectivity index (χ4n) is 2.41. The molecular weight excluding hydrogens is 246 g/mol. The maximum Gasteiger partial charge on any atom is 0.141 e. The van der Waals surface area contributed by atoms with Gasteiger partial charge in [-0.15, -0.1) is 0 Å². The molecule has 0 radical (unpaired) electrons. The fourth-order valence-corrected chi connectivity index (χ4v) is 2.85. The number of H-pyrrole nitrogens is 1. The van der Waals surface area contributed by atoms with E-state index in [4.69, 9.17) is 0 Å². The number of rotatable bonds is 3. The van der Waals surface area contributed by atoms with Crippen molar-refractivity contribution in [2.75, 3.05) is 5.32 Å². The molecular formula is C13H15N3OS. The Bertz CT molecular complexity index is 516. The molecule has 0 aliphatic carbocycles. The highest BCUT2D eigenvalue weighted by Gasteiger charge is 2.36. The molecule has 1 aromatic carbocycles. The van der Waals surface area contributed by atoms with Crippen LogP contribution in [-0.2, 0) is 6.42 Å². The van der Waals surface area contributed by atoms with E-state index in [1.54, 1.807) is 12.4 Å². The molecule has 1 aliphatic heterocycles. The normalized spacial score (nSPS) is 23.4. The minimum absolute atomic E-state index is 0.119. The molecule has 3 rings (SSSR count). The number of nitrogens with zero attached hydrogens (tertiary/aromatic N) is 1. The first kappa shape index (κ1) is 11.6. The third-order valence-electron chi connectivity index (χ3n) is 3.23. The molecule has 0 fully saturated rings. The van der Waals surface area contributed by atoms with Crippen LogP contribution in [0.1, 0.15) is 23.1 Å². The Morgan fingerprint density at radius 3 is 3.00 bits per heavy atom. The zero-order chi connectivity index (χ0) is 12.6. The monoisotopic (exact) mass is 261 g/mol. The average molecular weight is 261 g/mol. The lowest BCUT2D eigenvalue weighted by molar-refractivity contribution is 0.0675. The van der Waals surface area contributed by atoms with Crippen LogP contribution in [0.4, 0.5) is 5.69 Å². The number of aromatic amines is 1. The number of aliphatic hydroxyl groups is 1. The molecule has 3 N–H and O–H groups in total. The van der Waals surface area contributed by atoms with Crippen LogP contribution in [-0.4, -0.2) is 20.8 Å². The lowest BCUT2D eigenvalue weighted by Crippen LogP contribution is -2.37. The third kappa shape index (κ3) is 2.11. The predicted octanol–water partition coefficient (Wildman–Crippen LogP) is 2.13. The minimum atomic E-state index is -0.942. The lowest BCUT2D eigenvalue weighted by atomic mass is 10.0. The molecule has 0 spiro atoms. The number of imidazole rings is 1. The third-order valence-corrected chi connectivity index (χ3v) is 3.66. The first-order chi connectivity index (χ1) is 8.66. The van der Waals surface area contributed by atoms with Crippen molar-refractivity contribution in [2.24, 2.45) is 0 Å². The first-order valence-electron chi connectivity index (χ1n) is 5.92. The van der Waals surface area contributed by atoms with Gasteiger partial charge >= 0.3 is 0 Å². The Labute approximate surface area is 111 Å². The van der Waals surface area contributed by atoms with Gasteiger partial charge < -0.3 is 15.4 Å². The van der Waals surface area contributed by atoms with Gasteiger partial charge in [-0.2, -0.15) is 12.6 Å². The summed E-state index contributed by atoms with van der Waals surface area (Å²) in [4.78, 5) is 7.19. The SMILES string of the molecule is OC1(CC(S)c2ncc[nH]2)Cc2ccccc2N1. The fraction of sp³-hybridized carbons (Fsp3) is 0.308. The van der Waals surface area contributed by atoms with E-state index in [0.717, 1.165) is 17.1 Å². The van der Waals surface area contributed by atoms with Crippen LogP contribution in [0.15, 0.2) is 36.7 Å². The van der Waals surface area contributed by atoms with E-state index in [0.29, 0.717) is 12.8 Å². The van der Waals surface area contributed by atoms with Crippen LogP contribution in [0, 0.1) is 0 Å². The molecule has 5 heteroatoms. The van der Waals surface area contributed by atoms with E-state index < -0.39 is 5.72 Å². The van der Waals surface area contributed by atoms with Crippen LogP contribution < -0.4 is 5.32 Å². The highest BCUT2D eigenvalue weighted by atomic mass is 32.1. The second kappa shape index (κ2) is 4.33. The standard InChI is InChI=1S/C13H15N3OS/c17-13(8-11(18)12-14-5-6-15-12)7-9-3-1-2-4-10(9)16-13/h1-6,11,16-18H,7-8H2,(H,14,15). The Hall–Kier alpha value is -1.46. The van der Waals surface area contributed by atoms with Crippen LogP contribution in [0.2, 0.25) is 0 Å². The zero-order valence-corrected chi connectivity index (χ0v) is 10.7. The Morgan fingerprint density at radius 1 is 1.44 bits per heavy atom. The number of thiol groups is 1. The van der Waals surface area contributed by atoms with Gasteiger partial charge in [-0.1, -0.05) is 18.2 Å². The number of aromatic nitrogens is 2. The van der Waals surface area contributed by atoms with Gasteiger partial charge in [0.15, 0.2) is 0 Å². The number of nitrogens with one attached hydrogen (secondary N) is 2. The van der Waals surface area contributed by atoms with E-state index in [1.165, 1.54) is 0 Å². The van der Waals surface area contributed by atoms with Crippen molar-refractivity contribution in [1.29, 1.82) is 0 Å². The quantitative estimate of drug-likeness (QED) is 0.640. The molecule has 4 nitrogen and oxygen atoms in total. The summed E-state index contributed by atoms with van der Waals surface area (Å²) in [7, 11) is 0. The van der Waals surface area contributed by atoms with Crippen LogP contribution >= 0.6 is 12.6 Å². The van der Waals surface area contributed by atoms with Crippen molar-refractivity contribution < 1.29 is 5.11 Å². The molecule has 0 amide bonds. The van der Waals surface area contributed by atoms with Crippen LogP contribution in [0.5, 0.6) is 0 Å². The van der Waals surface area contributed by atoms with Crippen LogP contribution in [0.25, 0.3) is 0 Å². The summed E-state index contributed by atoms with van der Waals surface area (Å²) in [6.45, 7) is 0. The summed E-state index contributed by atoms with van der Waals surface area (Å²) in [5.74, 6) is 0.782. The molecule has 2 heterocycles. The Balaban J connectivity index is 1.75. The topological polar surface area (TPSA) is 60.9 Å². The smallest absolute Gasteiger partial charge is 0.141 e. The molecule has 0 bridgehead atoms.